The molecule has 1 aliphatic heterocycles. The first kappa shape index (κ1) is 22.1. The molecule has 5 nitrogen and oxygen atoms in total. The molecule has 1 unspecified atom stereocenters. The van der Waals surface area contributed by atoms with Gasteiger partial charge in [-0.15, -0.1) is 24.8 Å². The summed E-state index contributed by atoms with van der Waals surface area (Å²) >= 11 is 0. The van der Waals surface area contributed by atoms with Gasteiger partial charge in [-0.05, 0) is 38.5 Å². The maximum Gasteiger partial charge on any atom is 0.243 e. The zero-order valence-electron chi connectivity index (χ0n) is 13.9. The molecule has 0 radical (unpaired) electrons. The number of amides is 1. The van der Waals surface area contributed by atoms with E-state index >= 15 is 0 Å². The minimum absolute atomic E-state index is 0. The summed E-state index contributed by atoms with van der Waals surface area (Å²) in [4.78, 5) is 14.2. The number of halogens is 2. The van der Waals surface area contributed by atoms with Gasteiger partial charge in [0.1, 0.15) is 0 Å². The van der Waals surface area contributed by atoms with Gasteiger partial charge >= 0.3 is 0 Å². The quantitative estimate of drug-likeness (QED) is 0.862. The van der Waals surface area contributed by atoms with E-state index in [-0.39, 0.29) is 30.7 Å². The van der Waals surface area contributed by atoms with Crippen molar-refractivity contribution in [3.8, 4) is 0 Å². The van der Waals surface area contributed by atoms with Crippen molar-refractivity contribution in [2.24, 2.45) is 5.73 Å². The van der Waals surface area contributed by atoms with Crippen molar-refractivity contribution < 1.29 is 9.53 Å². The van der Waals surface area contributed by atoms with Gasteiger partial charge in [-0.1, -0.05) is 12.1 Å². The fourth-order valence-corrected chi connectivity index (χ4v) is 2.31. The van der Waals surface area contributed by atoms with Gasteiger partial charge < -0.3 is 15.8 Å². The SMILES string of the molecule is CC(c1ccc(NC(=O)C(C)(C)N)cc1)N1CCOCC1.Cl.Cl. The van der Waals surface area contributed by atoms with Crippen LogP contribution in [0.3, 0.4) is 0 Å². The number of hydrogen-bond acceptors (Lipinski definition) is 4. The molecule has 3 N–H and O–H groups in total. The van der Waals surface area contributed by atoms with Gasteiger partial charge in [0.25, 0.3) is 0 Å². The molecule has 1 fully saturated rings. The molecule has 0 bridgehead atoms. The van der Waals surface area contributed by atoms with Crippen LogP contribution >= 0.6 is 24.8 Å². The van der Waals surface area contributed by atoms with Crippen molar-refractivity contribution in [3.63, 3.8) is 0 Å². The first-order valence-electron chi connectivity index (χ1n) is 7.40. The normalized spacial score (nSPS) is 16.7. The summed E-state index contributed by atoms with van der Waals surface area (Å²) in [6.07, 6.45) is 0. The summed E-state index contributed by atoms with van der Waals surface area (Å²) in [6.45, 7) is 9.09. The third-order valence-electron chi connectivity index (χ3n) is 3.83. The second-order valence-corrected chi connectivity index (χ2v) is 6.12. The van der Waals surface area contributed by atoms with Gasteiger partial charge in [0.2, 0.25) is 5.91 Å². The van der Waals surface area contributed by atoms with Crippen molar-refractivity contribution in [1.82, 2.24) is 4.90 Å². The van der Waals surface area contributed by atoms with Gasteiger partial charge in [-0.25, -0.2) is 0 Å². The van der Waals surface area contributed by atoms with Crippen LogP contribution in [0.25, 0.3) is 0 Å². The number of anilines is 1. The van der Waals surface area contributed by atoms with Gasteiger partial charge in [0.15, 0.2) is 0 Å². The van der Waals surface area contributed by atoms with Crippen LogP contribution in [0.15, 0.2) is 24.3 Å². The first-order chi connectivity index (χ1) is 9.88. The lowest BCUT2D eigenvalue weighted by molar-refractivity contribution is -0.120. The second-order valence-electron chi connectivity index (χ2n) is 6.12. The molecule has 1 atom stereocenters. The second kappa shape index (κ2) is 9.45. The van der Waals surface area contributed by atoms with Crippen LogP contribution in [0.4, 0.5) is 5.69 Å². The Morgan fingerprint density at radius 2 is 1.74 bits per heavy atom. The number of carbonyl (C=O) groups is 1. The molecule has 1 heterocycles. The monoisotopic (exact) mass is 363 g/mol. The predicted molar refractivity (Wildman–Crippen MR) is 98.6 cm³/mol. The van der Waals surface area contributed by atoms with Crippen LogP contribution < -0.4 is 11.1 Å². The summed E-state index contributed by atoms with van der Waals surface area (Å²) in [6, 6.07) is 8.31. The number of nitrogens with two attached hydrogens (primary N) is 1. The highest BCUT2D eigenvalue weighted by Crippen LogP contribution is 2.22. The molecular weight excluding hydrogens is 337 g/mol. The Balaban J connectivity index is 0.00000242. The molecule has 2 rings (SSSR count). The molecule has 23 heavy (non-hydrogen) atoms. The first-order valence-corrected chi connectivity index (χ1v) is 7.40. The lowest BCUT2D eigenvalue weighted by Crippen LogP contribution is -2.45. The van der Waals surface area contributed by atoms with Crippen molar-refractivity contribution in [3.05, 3.63) is 29.8 Å². The number of hydrogen-bond donors (Lipinski definition) is 2. The molecular formula is C16H27Cl2N3O2. The molecule has 132 valence electrons. The Labute approximate surface area is 150 Å². The number of rotatable bonds is 4. The number of benzene rings is 1. The fourth-order valence-electron chi connectivity index (χ4n) is 2.31. The number of nitrogens with zero attached hydrogens (tertiary/aromatic N) is 1. The van der Waals surface area contributed by atoms with Crippen LogP contribution in [0.1, 0.15) is 32.4 Å². The lowest BCUT2D eigenvalue weighted by atomic mass is 10.0. The third kappa shape index (κ3) is 6.28. The third-order valence-corrected chi connectivity index (χ3v) is 3.83. The molecule has 1 saturated heterocycles. The van der Waals surface area contributed by atoms with Crippen LogP contribution in [0, 0.1) is 0 Å². The van der Waals surface area contributed by atoms with Gasteiger partial charge in [-0.2, -0.15) is 0 Å². The van der Waals surface area contributed by atoms with E-state index in [0.717, 1.165) is 32.0 Å². The Morgan fingerprint density at radius 1 is 1.22 bits per heavy atom. The Bertz CT molecular complexity index is 483. The van der Waals surface area contributed by atoms with E-state index in [9.17, 15) is 4.79 Å². The van der Waals surface area contributed by atoms with Crippen LogP contribution in [0.2, 0.25) is 0 Å². The van der Waals surface area contributed by atoms with Crippen molar-refractivity contribution >= 4 is 36.4 Å². The number of morpholine rings is 1. The van der Waals surface area contributed by atoms with E-state index < -0.39 is 5.54 Å². The molecule has 0 aromatic heterocycles. The molecule has 1 aromatic rings. The minimum atomic E-state index is -0.875. The summed E-state index contributed by atoms with van der Waals surface area (Å²) in [5.41, 5.74) is 6.91. The maximum absolute atomic E-state index is 11.8. The highest BCUT2D eigenvalue weighted by atomic mass is 35.5. The van der Waals surface area contributed by atoms with Crippen molar-refractivity contribution in [2.75, 3.05) is 31.6 Å². The fraction of sp³-hybridized carbons (Fsp3) is 0.562. The average molecular weight is 364 g/mol. The van der Waals surface area contributed by atoms with E-state index in [1.165, 1.54) is 5.56 Å². The van der Waals surface area contributed by atoms with Gasteiger partial charge in [-0.3, -0.25) is 9.69 Å². The predicted octanol–water partition coefficient (Wildman–Crippen LogP) is 2.60. The number of ether oxygens (including phenoxy) is 1. The molecule has 7 heteroatoms. The highest BCUT2D eigenvalue weighted by molar-refractivity contribution is 5.97. The Kier molecular flexibility index (Phi) is 9.10. The van der Waals surface area contributed by atoms with Crippen LogP contribution in [-0.4, -0.2) is 42.6 Å². The van der Waals surface area contributed by atoms with E-state index in [0.29, 0.717) is 6.04 Å². The molecule has 0 saturated carbocycles. The largest absolute Gasteiger partial charge is 0.379 e. The maximum atomic E-state index is 11.8. The summed E-state index contributed by atoms with van der Waals surface area (Å²) < 4.78 is 5.38. The van der Waals surface area contributed by atoms with Crippen molar-refractivity contribution in [1.29, 1.82) is 0 Å². The summed E-state index contributed by atoms with van der Waals surface area (Å²) in [5, 5.41) is 2.83. The van der Waals surface area contributed by atoms with Crippen LogP contribution in [0.5, 0.6) is 0 Å². The summed E-state index contributed by atoms with van der Waals surface area (Å²) in [5.74, 6) is -0.184. The van der Waals surface area contributed by atoms with Gasteiger partial charge in [0, 0.05) is 24.8 Å². The van der Waals surface area contributed by atoms with E-state index in [2.05, 4.69) is 29.3 Å². The number of nitrogens with one attached hydrogen (secondary N) is 1. The Hall–Kier alpha value is -0.850. The molecule has 0 aliphatic carbocycles. The molecule has 1 amide bonds. The molecule has 1 aliphatic rings. The van der Waals surface area contributed by atoms with Crippen molar-refractivity contribution in [2.45, 2.75) is 32.4 Å². The summed E-state index contributed by atoms with van der Waals surface area (Å²) in [7, 11) is 0. The van der Waals surface area contributed by atoms with E-state index in [1.54, 1.807) is 13.8 Å². The topological polar surface area (TPSA) is 67.6 Å². The van der Waals surface area contributed by atoms with Gasteiger partial charge in [0.05, 0.1) is 18.8 Å². The zero-order valence-corrected chi connectivity index (χ0v) is 15.5. The van der Waals surface area contributed by atoms with Crippen LogP contribution in [-0.2, 0) is 9.53 Å². The number of carbonyl (C=O) groups excluding carboxylic acids is 1. The average Bonchev–Trinajstić information content (AvgIpc) is 2.47. The van der Waals surface area contributed by atoms with E-state index in [4.69, 9.17) is 10.5 Å². The smallest absolute Gasteiger partial charge is 0.243 e. The molecule has 1 aromatic carbocycles. The molecule has 0 spiro atoms. The minimum Gasteiger partial charge on any atom is -0.379 e. The zero-order chi connectivity index (χ0) is 15.5. The lowest BCUT2D eigenvalue weighted by Gasteiger charge is -2.32. The standard InChI is InChI=1S/C16H25N3O2.2ClH/c1-12(19-8-10-21-11-9-19)13-4-6-14(7-5-13)18-15(20)16(2,3)17;;/h4-7,12H,8-11,17H2,1-3H3,(H,18,20);2*1H. The Morgan fingerprint density at radius 3 is 2.22 bits per heavy atom. The van der Waals surface area contributed by atoms with E-state index in [1.807, 2.05) is 12.1 Å². The highest BCUT2D eigenvalue weighted by Gasteiger charge is 2.22.